The molecule has 2 heterocycles. The van der Waals surface area contributed by atoms with Crippen molar-refractivity contribution in [3.05, 3.63) is 47.2 Å². The largest absolute Gasteiger partial charge is 0.482 e. The predicted molar refractivity (Wildman–Crippen MR) is 88.7 cm³/mol. The van der Waals surface area contributed by atoms with Crippen LogP contribution >= 0.6 is 0 Å². The number of H-pyrrole nitrogens is 1. The number of alkyl halides is 1. The van der Waals surface area contributed by atoms with E-state index in [0.29, 0.717) is 22.4 Å². The van der Waals surface area contributed by atoms with Gasteiger partial charge in [-0.1, -0.05) is 5.16 Å². The maximum absolute atomic E-state index is 14.2. The zero-order valence-electron chi connectivity index (χ0n) is 14.1. The van der Waals surface area contributed by atoms with Crippen LogP contribution in [0.15, 0.2) is 28.8 Å². The molecule has 1 aromatic carbocycles. The van der Waals surface area contributed by atoms with Crippen LogP contribution in [0, 0.1) is 12.7 Å². The summed E-state index contributed by atoms with van der Waals surface area (Å²) >= 11 is 0. The van der Waals surface area contributed by atoms with E-state index in [-0.39, 0.29) is 31.7 Å². The number of hydrogen-bond donors (Lipinski definition) is 2. The first-order valence-electron chi connectivity index (χ1n) is 8.26. The van der Waals surface area contributed by atoms with Gasteiger partial charge in [-0.15, -0.1) is 0 Å². The van der Waals surface area contributed by atoms with Crippen LogP contribution in [-0.4, -0.2) is 21.7 Å². The zero-order valence-corrected chi connectivity index (χ0v) is 14.1. The Hall–Kier alpha value is -2.90. The number of ether oxygens (including phenoxy) is 1. The molecule has 26 heavy (non-hydrogen) atoms. The van der Waals surface area contributed by atoms with Crippen LogP contribution in [0.4, 0.5) is 8.78 Å². The highest BCUT2D eigenvalue weighted by atomic mass is 19.1. The molecule has 1 saturated carbocycles. The van der Waals surface area contributed by atoms with E-state index < -0.39 is 17.4 Å². The van der Waals surface area contributed by atoms with Crippen molar-refractivity contribution in [2.24, 2.45) is 0 Å². The first-order valence-corrected chi connectivity index (χ1v) is 8.26. The van der Waals surface area contributed by atoms with E-state index in [1.54, 1.807) is 19.1 Å². The lowest BCUT2D eigenvalue weighted by molar-refractivity contribution is -0.127. The van der Waals surface area contributed by atoms with Crippen molar-refractivity contribution in [3.8, 4) is 5.75 Å². The number of benzene rings is 1. The molecular weight excluding hydrogens is 344 g/mol. The van der Waals surface area contributed by atoms with Gasteiger partial charge in [0.2, 0.25) is 0 Å². The Bertz CT molecular complexity index is 975. The van der Waals surface area contributed by atoms with Crippen LogP contribution in [0.25, 0.3) is 10.9 Å². The Labute approximate surface area is 147 Å². The summed E-state index contributed by atoms with van der Waals surface area (Å²) in [4.78, 5) is 14.7. The van der Waals surface area contributed by atoms with Crippen LogP contribution in [-0.2, 0) is 17.9 Å². The summed E-state index contributed by atoms with van der Waals surface area (Å²) < 4.78 is 38.3. The maximum Gasteiger partial charge on any atom is 0.257 e. The molecule has 2 N–H and O–H groups in total. The highest BCUT2D eigenvalue weighted by molar-refractivity contribution is 5.88. The van der Waals surface area contributed by atoms with E-state index in [4.69, 9.17) is 9.26 Å². The predicted octanol–water partition coefficient (Wildman–Crippen LogP) is 3.30. The van der Waals surface area contributed by atoms with Crippen molar-refractivity contribution in [1.82, 2.24) is 15.5 Å². The number of halogens is 2. The second-order valence-electron chi connectivity index (χ2n) is 6.54. The summed E-state index contributed by atoms with van der Waals surface area (Å²) in [5.41, 5.74) is 0.315. The van der Waals surface area contributed by atoms with Gasteiger partial charge in [0, 0.05) is 28.7 Å². The normalized spacial score (nSPS) is 15.2. The summed E-state index contributed by atoms with van der Waals surface area (Å²) in [5.74, 6) is -0.542. The summed E-state index contributed by atoms with van der Waals surface area (Å²) in [6.45, 7) is 1.99. The second-order valence-corrected chi connectivity index (χ2v) is 6.54. The molecule has 6 nitrogen and oxygen atoms in total. The number of hydrogen-bond acceptors (Lipinski definition) is 4. The van der Waals surface area contributed by atoms with Crippen molar-refractivity contribution >= 4 is 16.8 Å². The number of carbonyl (C=O) groups excluding carboxylic acids is 1. The number of carbonyl (C=O) groups is 1. The number of aromatic nitrogens is 2. The Morgan fingerprint density at radius 3 is 2.88 bits per heavy atom. The molecule has 1 aliphatic rings. The Balaban J connectivity index is 1.46. The van der Waals surface area contributed by atoms with E-state index in [9.17, 15) is 13.6 Å². The molecule has 0 aliphatic heterocycles. The van der Waals surface area contributed by atoms with Gasteiger partial charge >= 0.3 is 0 Å². The van der Waals surface area contributed by atoms with Crippen LogP contribution in [0.3, 0.4) is 0 Å². The third-order valence-corrected chi connectivity index (χ3v) is 4.31. The Kier molecular flexibility index (Phi) is 3.90. The van der Waals surface area contributed by atoms with Crippen molar-refractivity contribution in [3.63, 3.8) is 0 Å². The molecule has 2 aromatic heterocycles. The van der Waals surface area contributed by atoms with E-state index >= 15 is 0 Å². The monoisotopic (exact) mass is 361 g/mol. The number of rotatable bonds is 6. The van der Waals surface area contributed by atoms with E-state index in [1.807, 2.05) is 0 Å². The van der Waals surface area contributed by atoms with Crippen LogP contribution in [0.5, 0.6) is 5.75 Å². The molecule has 0 bridgehead atoms. The fourth-order valence-corrected chi connectivity index (χ4v) is 2.70. The highest BCUT2D eigenvalue weighted by Gasteiger charge is 2.50. The van der Waals surface area contributed by atoms with Gasteiger partial charge in [0.1, 0.15) is 6.61 Å². The fourth-order valence-electron chi connectivity index (χ4n) is 2.70. The number of nitrogens with zero attached hydrogens (tertiary/aromatic N) is 1. The lowest BCUT2D eigenvalue weighted by Gasteiger charge is -2.06. The minimum atomic E-state index is -1.71. The summed E-state index contributed by atoms with van der Waals surface area (Å²) in [5, 5.41) is 6.93. The topological polar surface area (TPSA) is 80.1 Å². The zero-order chi connectivity index (χ0) is 18.3. The molecular formula is C18H17F2N3O3. The molecule has 0 saturated heterocycles. The van der Waals surface area contributed by atoms with Crippen LogP contribution in [0.1, 0.15) is 30.0 Å². The third-order valence-electron chi connectivity index (χ3n) is 4.31. The van der Waals surface area contributed by atoms with Gasteiger partial charge in [-0.2, -0.15) is 0 Å². The SMILES string of the molecule is Cc1cc(COc2cc3[nH]c(CNC(=O)C4(F)CC4)cc3cc2F)on1. The molecule has 0 unspecified atom stereocenters. The lowest BCUT2D eigenvalue weighted by Crippen LogP contribution is -2.32. The van der Waals surface area contributed by atoms with E-state index in [1.165, 1.54) is 12.1 Å². The molecule has 8 heteroatoms. The standard InChI is InChI=1S/C18H17F2N3O3/c1-10-4-13(26-23-10)9-25-16-7-15-11(6-14(16)19)5-12(22-15)8-21-17(24)18(20)2-3-18/h4-7,22H,2-3,8-9H2,1H3,(H,21,24). The molecule has 4 rings (SSSR count). The van der Waals surface area contributed by atoms with Gasteiger partial charge in [0.25, 0.3) is 5.91 Å². The van der Waals surface area contributed by atoms with Gasteiger partial charge in [-0.25, -0.2) is 8.78 Å². The average molecular weight is 361 g/mol. The minimum absolute atomic E-state index is 0.0610. The highest BCUT2D eigenvalue weighted by Crippen LogP contribution is 2.39. The number of amides is 1. The summed E-state index contributed by atoms with van der Waals surface area (Å²) in [6.07, 6.45) is 0.532. The second kappa shape index (κ2) is 6.12. The fraction of sp³-hybridized carbons (Fsp3) is 0.333. The molecule has 3 aromatic rings. The number of aromatic amines is 1. The van der Waals surface area contributed by atoms with Crippen molar-refractivity contribution in [2.45, 2.75) is 38.6 Å². The smallest absolute Gasteiger partial charge is 0.257 e. The first kappa shape index (κ1) is 16.6. The van der Waals surface area contributed by atoms with Gasteiger partial charge in [0.05, 0.1) is 12.2 Å². The van der Waals surface area contributed by atoms with E-state index in [2.05, 4.69) is 15.5 Å². The molecule has 136 valence electrons. The third kappa shape index (κ3) is 3.26. The first-order chi connectivity index (χ1) is 12.4. The van der Waals surface area contributed by atoms with Gasteiger partial charge in [-0.3, -0.25) is 4.79 Å². The van der Waals surface area contributed by atoms with Gasteiger partial charge in [0.15, 0.2) is 23.0 Å². The molecule has 0 radical (unpaired) electrons. The van der Waals surface area contributed by atoms with Crippen LogP contribution < -0.4 is 10.1 Å². The Morgan fingerprint density at radius 2 is 2.19 bits per heavy atom. The maximum atomic E-state index is 14.2. The molecule has 1 aliphatic carbocycles. The lowest BCUT2D eigenvalue weighted by atomic mass is 10.2. The minimum Gasteiger partial charge on any atom is -0.482 e. The molecule has 1 amide bonds. The number of fused-ring (bicyclic) bond motifs is 1. The van der Waals surface area contributed by atoms with Gasteiger partial charge in [-0.05, 0) is 31.9 Å². The molecule has 1 fully saturated rings. The van der Waals surface area contributed by atoms with Gasteiger partial charge < -0.3 is 19.6 Å². The number of aryl methyl sites for hydroxylation is 1. The van der Waals surface area contributed by atoms with E-state index in [0.717, 1.165) is 5.69 Å². The quantitative estimate of drug-likeness (QED) is 0.706. The van der Waals surface area contributed by atoms with Crippen molar-refractivity contribution in [2.75, 3.05) is 0 Å². The molecule has 0 spiro atoms. The van der Waals surface area contributed by atoms with Crippen LogP contribution in [0.2, 0.25) is 0 Å². The Morgan fingerprint density at radius 1 is 1.38 bits per heavy atom. The van der Waals surface area contributed by atoms with Crippen molar-refractivity contribution < 1.29 is 22.8 Å². The van der Waals surface area contributed by atoms with Crippen molar-refractivity contribution in [1.29, 1.82) is 0 Å². The summed E-state index contributed by atoms with van der Waals surface area (Å²) in [6, 6.07) is 6.30. The molecule has 0 atom stereocenters. The average Bonchev–Trinajstić information content (AvgIpc) is 3.04. The number of nitrogens with one attached hydrogen (secondary N) is 2. The summed E-state index contributed by atoms with van der Waals surface area (Å²) in [7, 11) is 0.